The number of benzene rings is 1. The van der Waals surface area contributed by atoms with Gasteiger partial charge >= 0.3 is 0 Å². The highest BCUT2D eigenvalue weighted by molar-refractivity contribution is 7.15. The fourth-order valence-electron chi connectivity index (χ4n) is 3.48. The van der Waals surface area contributed by atoms with E-state index in [1.54, 1.807) is 11.1 Å². The number of amides is 2. The lowest BCUT2D eigenvalue weighted by molar-refractivity contribution is -0.122. The number of aromatic nitrogens is 1. The minimum atomic E-state index is -0.324. The zero-order valence-corrected chi connectivity index (χ0v) is 14.4. The summed E-state index contributed by atoms with van der Waals surface area (Å²) >= 11 is 1.44. The van der Waals surface area contributed by atoms with Crippen LogP contribution in [0, 0.1) is 12.8 Å². The molecule has 5 nitrogen and oxygen atoms in total. The Kier molecular flexibility index (Phi) is 3.84. The van der Waals surface area contributed by atoms with E-state index in [1.807, 2.05) is 13.0 Å². The van der Waals surface area contributed by atoms with Crippen molar-refractivity contribution >= 4 is 34.0 Å². The van der Waals surface area contributed by atoms with E-state index < -0.39 is 0 Å². The molecule has 1 N–H and O–H groups in total. The van der Waals surface area contributed by atoms with Gasteiger partial charge in [0.15, 0.2) is 5.13 Å². The van der Waals surface area contributed by atoms with Crippen LogP contribution in [0.4, 0.5) is 10.8 Å². The van der Waals surface area contributed by atoms with Gasteiger partial charge in [-0.3, -0.25) is 9.59 Å². The molecule has 1 aliphatic carbocycles. The van der Waals surface area contributed by atoms with Gasteiger partial charge in [0.2, 0.25) is 11.8 Å². The number of anilines is 2. The summed E-state index contributed by atoms with van der Waals surface area (Å²) in [4.78, 5) is 31.7. The van der Waals surface area contributed by atoms with E-state index in [9.17, 15) is 9.59 Å². The monoisotopic (exact) mass is 341 g/mol. The number of fused-ring (bicyclic) bond motifs is 1. The van der Waals surface area contributed by atoms with Crippen LogP contribution in [0.2, 0.25) is 0 Å². The fourth-order valence-corrected chi connectivity index (χ4v) is 4.15. The molecule has 0 unspecified atom stereocenters. The second-order valence-electron chi connectivity index (χ2n) is 6.48. The Morgan fingerprint density at radius 3 is 2.96 bits per heavy atom. The fraction of sp³-hybridized carbons (Fsp3) is 0.389. The minimum absolute atomic E-state index is 0.0171. The number of hydrogen-bond acceptors (Lipinski definition) is 4. The number of thiazole rings is 1. The summed E-state index contributed by atoms with van der Waals surface area (Å²) in [6, 6.07) is 6.24. The van der Waals surface area contributed by atoms with Gasteiger partial charge in [-0.2, -0.15) is 0 Å². The van der Waals surface area contributed by atoms with Crippen molar-refractivity contribution in [2.75, 3.05) is 16.8 Å². The topological polar surface area (TPSA) is 62.3 Å². The van der Waals surface area contributed by atoms with E-state index in [-0.39, 0.29) is 24.2 Å². The lowest BCUT2D eigenvalue weighted by Gasteiger charge is -2.17. The molecule has 6 heteroatoms. The van der Waals surface area contributed by atoms with E-state index in [0.717, 1.165) is 23.4 Å². The molecule has 4 rings (SSSR count). The molecule has 0 radical (unpaired) electrons. The predicted octanol–water partition coefficient (Wildman–Crippen LogP) is 2.93. The van der Waals surface area contributed by atoms with E-state index in [2.05, 4.69) is 22.4 Å². The van der Waals surface area contributed by atoms with Crippen LogP contribution in [0.1, 0.15) is 28.8 Å². The average molecular weight is 341 g/mol. The third-order valence-corrected chi connectivity index (χ3v) is 5.57. The number of nitrogens with one attached hydrogen (secondary N) is 1. The summed E-state index contributed by atoms with van der Waals surface area (Å²) in [6.07, 6.45) is 5.38. The number of carbonyl (C=O) groups is 2. The van der Waals surface area contributed by atoms with Crippen LogP contribution in [-0.4, -0.2) is 23.3 Å². The smallest absolute Gasteiger partial charge is 0.231 e. The third-order valence-electron chi connectivity index (χ3n) is 4.74. The molecule has 2 aliphatic rings. The summed E-state index contributed by atoms with van der Waals surface area (Å²) in [7, 11) is 0. The zero-order chi connectivity index (χ0) is 16.7. The molecule has 124 valence electrons. The molecular formula is C18H19N3O2S. The van der Waals surface area contributed by atoms with Gasteiger partial charge in [0.1, 0.15) is 0 Å². The minimum Gasteiger partial charge on any atom is -0.312 e. The van der Waals surface area contributed by atoms with Crippen molar-refractivity contribution < 1.29 is 9.59 Å². The highest BCUT2D eigenvalue weighted by Crippen LogP contribution is 2.31. The van der Waals surface area contributed by atoms with Crippen molar-refractivity contribution in [3.63, 3.8) is 0 Å². The van der Waals surface area contributed by atoms with Gasteiger partial charge in [-0.05, 0) is 49.4 Å². The molecule has 1 aromatic carbocycles. The maximum atomic E-state index is 12.4. The Bertz CT molecular complexity index is 814. The average Bonchev–Trinajstić information content (AvgIpc) is 3.26. The van der Waals surface area contributed by atoms with Crippen LogP contribution in [0.15, 0.2) is 24.4 Å². The quantitative estimate of drug-likeness (QED) is 0.934. The van der Waals surface area contributed by atoms with Gasteiger partial charge in [-0.25, -0.2) is 4.98 Å². The number of rotatable bonds is 3. The van der Waals surface area contributed by atoms with Gasteiger partial charge in [0.25, 0.3) is 0 Å². The molecule has 1 atom stereocenters. The predicted molar refractivity (Wildman–Crippen MR) is 94.4 cm³/mol. The summed E-state index contributed by atoms with van der Waals surface area (Å²) in [5, 5.41) is 3.43. The van der Waals surface area contributed by atoms with E-state index in [0.29, 0.717) is 11.7 Å². The van der Waals surface area contributed by atoms with Crippen LogP contribution in [0.25, 0.3) is 0 Å². The standard InChI is InChI=1S/C18H19N3O2S/c1-11-9-19-18(24-11)20-17(23)14-8-16(22)21(10-14)15-6-5-12-3-2-4-13(12)7-15/h5-7,9,14H,2-4,8,10H2,1H3,(H,19,20,23)/t14-/m0/s1. The molecule has 0 bridgehead atoms. The van der Waals surface area contributed by atoms with Crippen molar-refractivity contribution in [2.24, 2.45) is 5.92 Å². The van der Waals surface area contributed by atoms with Gasteiger partial charge in [-0.1, -0.05) is 6.07 Å². The number of hydrogen-bond donors (Lipinski definition) is 1. The maximum Gasteiger partial charge on any atom is 0.231 e. The second kappa shape index (κ2) is 6.02. The van der Waals surface area contributed by atoms with E-state index in [1.165, 1.54) is 28.9 Å². The highest BCUT2D eigenvalue weighted by Gasteiger charge is 2.35. The summed E-state index contributed by atoms with van der Waals surface area (Å²) < 4.78 is 0. The van der Waals surface area contributed by atoms with Crippen molar-refractivity contribution in [1.29, 1.82) is 0 Å². The van der Waals surface area contributed by atoms with Crippen LogP contribution in [-0.2, 0) is 22.4 Å². The molecule has 24 heavy (non-hydrogen) atoms. The first-order valence-electron chi connectivity index (χ1n) is 8.25. The van der Waals surface area contributed by atoms with Gasteiger partial charge in [-0.15, -0.1) is 11.3 Å². The molecule has 2 amide bonds. The molecule has 1 fully saturated rings. The molecule has 1 aromatic heterocycles. The van der Waals surface area contributed by atoms with Crippen molar-refractivity contribution in [3.05, 3.63) is 40.4 Å². The van der Waals surface area contributed by atoms with Crippen LogP contribution in [0.3, 0.4) is 0 Å². The Hall–Kier alpha value is -2.21. The summed E-state index contributed by atoms with van der Waals surface area (Å²) in [5.41, 5.74) is 3.64. The number of nitrogens with zero attached hydrogens (tertiary/aromatic N) is 2. The van der Waals surface area contributed by atoms with Gasteiger partial charge in [0, 0.05) is 29.7 Å². The molecule has 0 saturated carbocycles. The number of aryl methyl sites for hydroxylation is 3. The van der Waals surface area contributed by atoms with Crippen LogP contribution >= 0.6 is 11.3 Å². The lowest BCUT2D eigenvalue weighted by atomic mass is 10.1. The molecule has 2 aromatic rings. The third kappa shape index (κ3) is 2.82. The largest absolute Gasteiger partial charge is 0.312 e. The Morgan fingerprint density at radius 2 is 2.17 bits per heavy atom. The SMILES string of the molecule is Cc1cnc(NC(=O)[C@H]2CC(=O)N(c3ccc4c(c3)CCC4)C2)s1. The Labute approximate surface area is 144 Å². The van der Waals surface area contributed by atoms with Crippen LogP contribution < -0.4 is 10.2 Å². The summed E-state index contributed by atoms with van der Waals surface area (Å²) in [5.74, 6) is -0.431. The number of carbonyl (C=O) groups excluding carboxylic acids is 2. The zero-order valence-electron chi connectivity index (χ0n) is 13.5. The normalized spacial score (nSPS) is 19.6. The Morgan fingerprint density at radius 1 is 1.33 bits per heavy atom. The Balaban J connectivity index is 1.47. The highest BCUT2D eigenvalue weighted by atomic mass is 32.1. The van der Waals surface area contributed by atoms with Crippen molar-refractivity contribution in [2.45, 2.75) is 32.6 Å². The lowest BCUT2D eigenvalue weighted by Crippen LogP contribution is -2.28. The van der Waals surface area contributed by atoms with Crippen molar-refractivity contribution in [3.8, 4) is 0 Å². The van der Waals surface area contributed by atoms with Gasteiger partial charge in [0.05, 0.1) is 5.92 Å². The molecule has 1 aliphatic heterocycles. The first-order chi connectivity index (χ1) is 11.6. The van der Waals surface area contributed by atoms with Gasteiger partial charge < -0.3 is 10.2 Å². The molecule has 2 heterocycles. The van der Waals surface area contributed by atoms with Crippen LogP contribution in [0.5, 0.6) is 0 Å². The first kappa shape index (κ1) is 15.3. The van der Waals surface area contributed by atoms with E-state index >= 15 is 0 Å². The molecule has 0 spiro atoms. The first-order valence-corrected chi connectivity index (χ1v) is 9.07. The second-order valence-corrected chi connectivity index (χ2v) is 7.71. The van der Waals surface area contributed by atoms with Crippen molar-refractivity contribution in [1.82, 2.24) is 4.98 Å². The van der Waals surface area contributed by atoms with E-state index in [4.69, 9.17) is 0 Å². The maximum absolute atomic E-state index is 12.4. The summed E-state index contributed by atoms with van der Waals surface area (Å²) in [6.45, 7) is 2.38. The molecule has 1 saturated heterocycles. The molecular weight excluding hydrogens is 322 g/mol.